The Hall–Kier alpha value is -1.04. The normalized spacial score (nSPS) is 25.7. The molecule has 0 amide bonds. The van der Waals surface area contributed by atoms with Gasteiger partial charge in [-0.05, 0) is 61.0 Å². The maximum absolute atomic E-state index is 6.68. The van der Waals surface area contributed by atoms with Gasteiger partial charge in [-0.15, -0.1) is 11.3 Å². The lowest BCUT2D eigenvalue weighted by atomic mass is 9.31. The van der Waals surface area contributed by atoms with Gasteiger partial charge in [0.15, 0.2) is 0 Å². The fourth-order valence-corrected chi connectivity index (χ4v) is 7.38. The second-order valence-corrected chi connectivity index (χ2v) is 13.4. The smallest absolute Gasteiger partial charge is 0.134 e. The number of thiophene rings is 1. The second-order valence-electron chi connectivity index (χ2n) is 12.4. The summed E-state index contributed by atoms with van der Waals surface area (Å²) in [5, 5.41) is 6.40. The van der Waals surface area contributed by atoms with Crippen LogP contribution in [0.4, 0.5) is 0 Å². The quantitative estimate of drug-likeness (QED) is 0.520. The summed E-state index contributed by atoms with van der Waals surface area (Å²) in [5.74, 6) is 0.975. The molecular formula is C22H36B6N2O2S. The van der Waals surface area contributed by atoms with Crippen LogP contribution in [0.2, 0.25) is 10.4 Å². The first-order valence-electron chi connectivity index (χ1n) is 12.3. The van der Waals surface area contributed by atoms with Crippen molar-refractivity contribution < 1.29 is 9.47 Å². The Labute approximate surface area is 209 Å². The molecule has 1 aliphatic carbocycles. The van der Waals surface area contributed by atoms with Crippen LogP contribution in [0.15, 0.2) is 35.8 Å². The Morgan fingerprint density at radius 1 is 1.12 bits per heavy atom. The molecule has 1 atom stereocenters. The lowest BCUT2D eigenvalue weighted by Crippen LogP contribution is -2.55. The van der Waals surface area contributed by atoms with Gasteiger partial charge in [-0.3, -0.25) is 4.98 Å². The number of rotatable bonds is 7. The first kappa shape index (κ1) is 25.1. The average molecular weight is 457 g/mol. The van der Waals surface area contributed by atoms with Crippen molar-refractivity contribution >= 4 is 58.4 Å². The second kappa shape index (κ2) is 8.87. The summed E-state index contributed by atoms with van der Waals surface area (Å²) in [6, 6.07) is 8.46. The lowest BCUT2D eigenvalue weighted by molar-refractivity contribution is -0.106. The number of aromatic nitrogens is 1. The van der Waals surface area contributed by atoms with E-state index in [-0.39, 0.29) is 26.8 Å². The first-order valence-corrected chi connectivity index (χ1v) is 13.2. The van der Waals surface area contributed by atoms with E-state index >= 15 is 0 Å². The van der Waals surface area contributed by atoms with Crippen LogP contribution >= 0.6 is 11.3 Å². The zero-order valence-corrected chi connectivity index (χ0v) is 22.4. The zero-order chi connectivity index (χ0) is 24.0. The Morgan fingerprint density at radius 2 is 1.85 bits per heavy atom. The maximum atomic E-state index is 6.68. The summed E-state index contributed by atoms with van der Waals surface area (Å²) in [6.07, 6.45) is 7.26. The molecule has 1 N–H and O–H groups in total. The van der Waals surface area contributed by atoms with E-state index in [2.05, 4.69) is 76.0 Å². The number of hydrogen-bond donors (Lipinski definition) is 1. The Kier molecular flexibility index (Phi) is 6.74. The van der Waals surface area contributed by atoms with E-state index in [1.54, 1.807) is 18.4 Å². The summed E-state index contributed by atoms with van der Waals surface area (Å²) >= 11 is 1.75. The molecule has 1 saturated heterocycles. The number of ether oxygens (including phenoxy) is 2. The highest BCUT2D eigenvalue weighted by Crippen LogP contribution is 2.64. The van der Waals surface area contributed by atoms with E-state index in [0.717, 1.165) is 51.0 Å². The molecule has 0 aromatic carbocycles. The van der Waals surface area contributed by atoms with Crippen molar-refractivity contribution in [2.24, 2.45) is 0 Å². The molecule has 4 nitrogen and oxygen atoms in total. The van der Waals surface area contributed by atoms with E-state index in [1.165, 1.54) is 10.6 Å². The number of hydrogen-bond acceptors (Lipinski definition) is 5. The lowest BCUT2D eigenvalue weighted by Gasteiger charge is -2.50. The summed E-state index contributed by atoms with van der Waals surface area (Å²) in [5.41, 5.74) is 1.14. The van der Waals surface area contributed by atoms with Gasteiger partial charge in [0.05, 0.1) is 49.0 Å². The van der Waals surface area contributed by atoms with Crippen molar-refractivity contribution in [3.63, 3.8) is 0 Å². The summed E-state index contributed by atoms with van der Waals surface area (Å²) < 4.78 is 12.2. The van der Waals surface area contributed by atoms with E-state index in [9.17, 15) is 0 Å². The van der Waals surface area contributed by atoms with Gasteiger partial charge in [0, 0.05) is 30.5 Å². The molecule has 33 heavy (non-hydrogen) atoms. The van der Waals surface area contributed by atoms with E-state index in [0.29, 0.717) is 0 Å². The number of pyridine rings is 1. The van der Waals surface area contributed by atoms with Crippen molar-refractivity contribution in [3.8, 4) is 5.75 Å². The molecule has 0 bridgehead atoms. The topological polar surface area (TPSA) is 43.4 Å². The van der Waals surface area contributed by atoms with Gasteiger partial charge in [-0.1, -0.05) is 16.5 Å². The maximum Gasteiger partial charge on any atom is 0.134 e. The third-order valence-corrected chi connectivity index (χ3v) is 9.55. The highest BCUT2D eigenvalue weighted by atomic mass is 32.1. The van der Waals surface area contributed by atoms with Gasteiger partial charge in [-0.2, -0.15) is 0 Å². The van der Waals surface area contributed by atoms with Crippen LogP contribution in [0.1, 0.15) is 42.7 Å². The summed E-state index contributed by atoms with van der Waals surface area (Å²) in [4.78, 5) is 6.17. The minimum absolute atomic E-state index is 0.00789. The number of nitrogens with one attached hydrogen (secondary N) is 1. The van der Waals surface area contributed by atoms with Gasteiger partial charge in [0.1, 0.15) is 21.4 Å². The number of methoxy groups -OCH3 is 1. The van der Waals surface area contributed by atoms with Crippen LogP contribution < -0.4 is 10.1 Å². The highest BCUT2D eigenvalue weighted by Gasteiger charge is 2.59. The fraction of sp³-hybridized carbons (Fsp3) is 0.591. The predicted molar refractivity (Wildman–Crippen MR) is 155 cm³/mol. The highest BCUT2D eigenvalue weighted by molar-refractivity contribution is 7.10. The fourth-order valence-electron chi connectivity index (χ4n) is 6.60. The van der Waals surface area contributed by atoms with Gasteiger partial charge in [-0.25, -0.2) is 0 Å². The molecule has 2 aromatic rings. The zero-order valence-electron chi connectivity index (χ0n) is 21.6. The molecule has 1 aliphatic heterocycles. The van der Waals surface area contributed by atoms with Gasteiger partial charge in [0.25, 0.3) is 0 Å². The minimum atomic E-state index is -0.0736. The molecule has 4 rings (SSSR count). The molecular weight excluding hydrogens is 421 g/mol. The van der Waals surface area contributed by atoms with E-state index < -0.39 is 0 Å². The Bertz CT molecular complexity index is 955. The number of nitrogens with zero attached hydrogens (tertiary/aromatic N) is 1. The first-order chi connectivity index (χ1) is 15.4. The molecule has 1 spiro atoms. The van der Waals surface area contributed by atoms with Crippen LogP contribution in [0.25, 0.3) is 0 Å². The Balaban J connectivity index is 1.62. The van der Waals surface area contributed by atoms with Gasteiger partial charge >= 0.3 is 0 Å². The van der Waals surface area contributed by atoms with Gasteiger partial charge < -0.3 is 14.8 Å². The molecule has 2 aliphatic rings. The van der Waals surface area contributed by atoms with Crippen LogP contribution in [0.3, 0.4) is 0 Å². The largest absolute Gasteiger partial charge is 0.496 e. The third-order valence-electron chi connectivity index (χ3n) is 8.65. The molecule has 0 radical (unpaired) electrons. The summed E-state index contributed by atoms with van der Waals surface area (Å²) in [7, 11) is 16.1. The predicted octanol–water partition coefficient (Wildman–Crippen LogP) is -1.40. The van der Waals surface area contributed by atoms with Crippen molar-refractivity contribution in [1.29, 1.82) is 0 Å². The Morgan fingerprint density at radius 3 is 2.48 bits per heavy atom. The van der Waals surface area contributed by atoms with Crippen LogP contribution in [0.5, 0.6) is 5.75 Å². The molecule has 0 unspecified atom stereocenters. The van der Waals surface area contributed by atoms with Crippen molar-refractivity contribution in [2.75, 3.05) is 13.7 Å². The van der Waals surface area contributed by atoms with Crippen LogP contribution in [-0.4, -0.2) is 76.7 Å². The molecule has 170 valence electrons. The summed E-state index contributed by atoms with van der Waals surface area (Å²) in [6.45, 7) is 1.62. The molecule has 2 fully saturated rings. The van der Waals surface area contributed by atoms with Crippen molar-refractivity contribution in [3.05, 3.63) is 46.4 Å². The molecule has 3 heterocycles. The standard InChI is InChI=1S/C22H36B6N2O2S/c1-31-15-5-9-33-16(15)10-30-22(27,28)12-18(17-4-2-3-7-29-17)6-8-32-19(11-18)13-20(23,24)21(25,26)14-19/h2-5,7,9,30H,6,8,10-14,23-28H2,1H3/t18-/m1/s1. The van der Waals surface area contributed by atoms with Gasteiger partial charge in [0.2, 0.25) is 0 Å². The molecule has 2 aromatic heterocycles. The molecule has 11 heteroatoms. The molecule has 1 saturated carbocycles. The average Bonchev–Trinajstić information content (AvgIpc) is 3.25. The SMILES string of the molecule is BC(B)(C[C@@]1(c2ccccn2)CCOC2(CC(B)(B)C(B)(B)C2)C1)NCc1sccc1OC. The third kappa shape index (κ3) is 5.01. The van der Waals surface area contributed by atoms with Crippen molar-refractivity contribution in [2.45, 2.75) is 65.4 Å². The van der Waals surface area contributed by atoms with E-state index in [4.69, 9.17) is 14.5 Å². The minimum Gasteiger partial charge on any atom is -0.496 e. The van der Waals surface area contributed by atoms with E-state index in [1.807, 2.05) is 12.3 Å². The van der Waals surface area contributed by atoms with Crippen LogP contribution in [0, 0.1) is 0 Å². The van der Waals surface area contributed by atoms with Crippen LogP contribution in [-0.2, 0) is 16.7 Å². The van der Waals surface area contributed by atoms with Crippen molar-refractivity contribution in [1.82, 2.24) is 10.3 Å². The monoisotopic (exact) mass is 458 g/mol.